The zero-order valence-corrected chi connectivity index (χ0v) is 24.3. The van der Waals surface area contributed by atoms with Gasteiger partial charge in [0.05, 0.1) is 38.8 Å². The molecule has 39 heavy (non-hydrogen) atoms. The summed E-state index contributed by atoms with van der Waals surface area (Å²) in [4.78, 5) is 40.0. The topological polar surface area (TPSA) is 120 Å². The van der Waals surface area contributed by atoms with Gasteiger partial charge in [-0.05, 0) is 41.8 Å². The number of carboxylic acids is 1. The van der Waals surface area contributed by atoms with Crippen molar-refractivity contribution in [2.75, 3.05) is 37.8 Å². The molecule has 206 valence electrons. The van der Waals surface area contributed by atoms with Crippen LogP contribution in [0.1, 0.15) is 35.2 Å². The van der Waals surface area contributed by atoms with Crippen molar-refractivity contribution in [2.24, 2.45) is 0 Å². The molecule has 0 bridgehead atoms. The molecule has 2 heterocycles. The number of likely N-dealkylation sites (tertiary alicyclic amines) is 1. The summed E-state index contributed by atoms with van der Waals surface area (Å²) in [5, 5.41) is 16.4. The predicted octanol–water partition coefficient (Wildman–Crippen LogP) is 4.09. The fourth-order valence-corrected chi connectivity index (χ4v) is 4.42. The van der Waals surface area contributed by atoms with Gasteiger partial charge in [0.25, 0.3) is 0 Å². The molecule has 0 spiro atoms. The Morgan fingerprint density at radius 1 is 1.00 bits per heavy atom. The van der Waals surface area contributed by atoms with Gasteiger partial charge in [-0.25, -0.2) is 9.78 Å². The van der Waals surface area contributed by atoms with E-state index in [-0.39, 0.29) is 53.8 Å². The number of carboxylic acid groups (broad SMARTS) is 1. The van der Waals surface area contributed by atoms with Crippen LogP contribution in [0.4, 0.5) is 16.3 Å². The Morgan fingerprint density at radius 2 is 1.72 bits per heavy atom. The van der Waals surface area contributed by atoms with Crippen LogP contribution in [0.25, 0.3) is 11.1 Å². The lowest BCUT2D eigenvalue weighted by Crippen LogP contribution is -2.48. The lowest BCUT2D eigenvalue weighted by Gasteiger charge is -2.36. The van der Waals surface area contributed by atoms with E-state index < -0.39 is 12.1 Å². The van der Waals surface area contributed by atoms with E-state index in [2.05, 4.69) is 29.7 Å². The van der Waals surface area contributed by atoms with Crippen LogP contribution in [0, 0.1) is 0 Å². The molecule has 2 amide bonds. The van der Waals surface area contributed by atoms with E-state index in [0.717, 1.165) is 53.3 Å². The summed E-state index contributed by atoms with van der Waals surface area (Å²) in [6.07, 6.45) is 2.91. The number of halogens is 1. The molecule has 10 heteroatoms. The summed E-state index contributed by atoms with van der Waals surface area (Å²) >= 11 is 0. The first kappa shape index (κ1) is 30.0. The Hall–Kier alpha value is -3.51. The first-order valence-electron chi connectivity index (χ1n) is 12.6. The number of hydrogen-bond donors (Lipinski definition) is 2. The third-order valence-corrected chi connectivity index (χ3v) is 6.70. The number of aromatic nitrogens is 1. The number of nitrogens with zero attached hydrogens (tertiary/aromatic N) is 2. The predicted molar refractivity (Wildman–Crippen MR) is 158 cm³/mol. The van der Waals surface area contributed by atoms with Crippen LogP contribution < -0.4 is 15.7 Å². The molecule has 3 aromatic rings. The van der Waals surface area contributed by atoms with Crippen LogP contribution in [-0.2, 0) is 16.0 Å². The van der Waals surface area contributed by atoms with Crippen molar-refractivity contribution in [1.29, 1.82) is 0 Å². The van der Waals surface area contributed by atoms with Gasteiger partial charge in [0.2, 0.25) is 5.91 Å². The van der Waals surface area contributed by atoms with E-state index >= 15 is 0 Å². The zero-order chi connectivity index (χ0) is 27.1. The molecule has 0 aliphatic carbocycles. The number of piperidine rings is 1. The van der Waals surface area contributed by atoms with Crippen LogP contribution >= 0.6 is 24.0 Å². The van der Waals surface area contributed by atoms with E-state index in [1.165, 1.54) is 12.1 Å². The number of anilines is 2. The van der Waals surface area contributed by atoms with Crippen molar-refractivity contribution in [3.8, 4) is 11.1 Å². The van der Waals surface area contributed by atoms with Crippen LogP contribution in [0.2, 0.25) is 0 Å². The molecule has 1 aliphatic rings. The molecule has 1 aliphatic heterocycles. The first-order chi connectivity index (χ1) is 18.2. The summed E-state index contributed by atoms with van der Waals surface area (Å²) in [5.41, 5.74) is 3.27. The number of benzene rings is 2. The van der Waals surface area contributed by atoms with E-state index in [1.807, 2.05) is 48.5 Å². The smallest absolute Gasteiger partial charge is 0.411 e. The van der Waals surface area contributed by atoms with E-state index in [9.17, 15) is 19.5 Å². The second-order valence-corrected chi connectivity index (χ2v) is 10.1. The molecule has 0 unspecified atom stereocenters. The van der Waals surface area contributed by atoms with Crippen molar-refractivity contribution in [3.05, 3.63) is 78.0 Å². The van der Waals surface area contributed by atoms with Crippen molar-refractivity contribution in [1.82, 2.24) is 4.98 Å². The van der Waals surface area contributed by atoms with Gasteiger partial charge in [-0.1, -0.05) is 36.4 Å². The number of nitrogens with one attached hydrogen (secondary N) is 2. The van der Waals surface area contributed by atoms with Crippen LogP contribution in [-0.4, -0.2) is 60.7 Å². The number of rotatable bonds is 8. The van der Waals surface area contributed by atoms with Crippen LogP contribution in [0.3, 0.4) is 0 Å². The standard InChI is InChI=1S/C29H32N4O5.HI/c1-33(2)16-14-23(15-17-33)38-29(37)31-25-11-8-20(18-24(25)21-6-4-3-5-7-21)9-13-27(34)32-26-12-10-22(19-30-26)28(35)36;/h3-8,10-12,18-19,23H,9,13-17H2,1-2H3,(H2-,30,31,32,34,35,36,37);1H. The number of aryl methyl sites for hydroxylation is 1. The number of carbonyl (C=O) groups is 3. The maximum Gasteiger partial charge on any atom is 0.411 e. The first-order valence-corrected chi connectivity index (χ1v) is 12.6. The highest BCUT2D eigenvalue weighted by Gasteiger charge is 2.28. The third kappa shape index (κ3) is 8.75. The molecule has 1 fully saturated rings. The SMILES string of the molecule is C[N+]1(C)CCC(OC(=O)Nc2ccc(CCC(=O)Nc3ccc(C(=O)[O-])cn3)cc2-c2ccccc2)CC1.I. The minimum Gasteiger partial charge on any atom is -0.545 e. The highest BCUT2D eigenvalue weighted by atomic mass is 127. The summed E-state index contributed by atoms with van der Waals surface area (Å²) < 4.78 is 6.65. The second kappa shape index (κ2) is 13.5. The fraction of sp³-hybridized carbons (Fsp3) is 0.310. The lowest BCUT2D eigenvalue weighted by atomic mass is 9.99. The molecule has 9 nitrogen and oxygen atoms in total. The third-order valence-electron chi connectivity index (χ3n) is 6.70. The Bertz CT molecular complexity index is 1290. The van der Waals surface area contributed by atoms with Gasteiger partial charge in [0.15, 0.2) is 0 Å². The highest BCUT2D eigenvalue weighted by molar-refractivity contribution is 14.0. The average molecular weight is 645 g/mol. The Labute approximate surface area is 245 Å². The molecule has 1 aromatic heterocycles. The molecule has 2 N–H and O–H groups in total. The van der Waals surface area contributed by atoms with E-state index in [4.69, 9.17) is 4.74 Å². The maximum absolute atomic E-state index is 12.7. The highest BCUT2D eigenvalue weighted by Crippen LogP contribution is 2.30. The Balaban J connectivity index is 0.00000420. The van der Waals surface area contributed by atoms with Crippen LogP contribution in [0.15, 0.2) is 66.9 Å². The number of aromatic carboxylic acids is 1. The summed E-state index contributed by atoms with van der Waals surface area (Å²) in [5.74, 6) is -1.31. The fourth-order valence-electron chi connectivity index (χ4n) is 4.42. The molecule has 0 saturated carbocycles. The normalized spacial score (nSPS) is 14.5. The average Bonchev–Trinajstić information content (AvgIpc) is 2.90. The molecule has 4 rings (SSSR count). The monoisotopic (exact) mass is 644 g/mol. The Kier molecular flexibility index (Phi) is 10.4. The van der Waals surface area contributed by atoms with E-state index in [0.29, 0.717) is 12.1 Å². The number of amides is 2. The van der Waals surface area contributed by atoms with Crippen LogP contribution in [0.5, 0.6) is 0 Å². The molecule has 0 radical (unpaired) electrons. The molecular formula is C29H33IN4O5. The lowest BCUT2D eigenvalue weighted by molar-refractivity contribution is -0.896. The van der Waals surface area contributed by atoms with Gasteiger partial charge in [-0.15, -0.1) is 24.0 Å². The van der Waals surface area contributed by atoms with Crippen molar-refractivity contribution < 1.29 is 28.7 Å². The van der Waals surface area contributed by atoms with Gasteiger partial charge in [0.1, 0.15) is 11.9 Å². The van der Waals surface area contributed by atoms with Crippen molar-refractivity contribution in [3.63, 3.8) is 0 Å². The number of carbonyl (C=O) groups excluding carboxylic acids is 3. The molecule has 2 aromatic carbocycles. The molecular weight excluding hydrogens is 611 g/mol. The number of quaternary nitrogens is 1. The zero-order valence-electron chi connectivity index (χ0n) is 22.0. The van der Waals surface area contributed by atoms with Gasteiger partial charge < -0.3 is 24.4 Å². The Morgan fingerprint density at radius 3 is 2.36 bits per heavy atom. The second-order valence-electron chi connectivity index (χ2n) is 10.1. The minimum absolute atomic E-state index is 0. The van der Waals surface area contributed by atoms with Gasteiger partial charge >= 0.3 is 6.09 Å². The summed E-state index contributed by atoms with van der Waals surface area (Å²) in [7, 11) is 4.36. The molecule has 1 saturated heterocycles. The van der Waals surface area contributed by atoms with Gasteiger partial charge in [-0.2, -0.15) is 0 Å². The number of pyridine rings is 1. The number of hydrogen-bond acceptors (Lipinski definition) is 6. The number of ether oxygens (including phenoxy) is 1. The summed E-state index contributed by atoms with van der Waals surface area (Å²) in [6, 6.07) is 18.1. The molecule has 0 atom stereocenters. The van der Waals surface area contributed by atoms with Crippen molar-refractivity contribution in [2.45, 2.75) is 31.8 Å². The quantitative estimate of drug-likeness (QED) is 0.282. The minimum atomic E-state index is -1.33. The van der Waals surface area contributed by atoms with E-state index in [1.54, 1.807) is 0 Å². The largest absolute Gasteiger partial charge is 0.545 e. The van der Waals surface area contributed by atoms with Crippen molar-refractivity contribution >= 4 is 53.5 Å². The van der Waals surface area contributed by atoms with Gasteiger partial charge in [-0.3, -0.25) is 10.1 Å². The van der Waals surface area contributed by atoms with Gasteiger partial charge in [0, 0.05) is 36.6 Å². The summed E-state index contributed by atoms with van der Waals surface area (Å²) in [6.45, 7) is 1.94. The maximum atomic E-state index is 12.7.